The molecule has 94 valence electrons. The number of carbonyl (C=O) groups is 1. The quantitative estimate of drug-likeness (QED) is 0.617. The first kappa shape index (κ1) is 15.0. The molecule has 0 aromatic heterocycles. The average molecular weight is 240 g/mol. The third-order valence-corrected chi connectivity index (χ3v) is 2.15. The van der Waals surface area contributed by atoms with E-state index in [2.05, 4.69) is 0 Å². The Balaban J connectivity index is 0.000000304. The van der Waals surface area contributed by atoms with Gasteiger partial charge in [-0.2, -0.15) is 0 Å². The summed E-state index contributed by atoms with van der Waals surface area (Å²) in [5, 5.41) is 18.3. The molecule has 1 aromatic carbocycles. The van der Waals surface area contributed by atoms with Crippen LogP contribution in [0.2, 0.25) is 0 Å². The highest BCUT2D eigenvalue weighted by molar-refractivity contribution is 5.70. The van der Waals surface area contributed by atoms with Crippen LogP contribution in [-0.2, 0) is 4.79 Å². The lowest BCUT2D eigenvalue weighted by molar-refractivity contribution is -0.384. The number of rotatable bonds is 3. The number of hydrogen-bond donors (Lipinski definition) is 2. The molecule has 0 saturated carbocycles. The van der Waals surface area contributed by atoms with Gasteiger partial charge in [0, 0.05) is 18.2 Å². The number of nitro benzene ring substituents is 1. The average Bonchev–Trinajstić information content (AvgIpc) is 2.29. The summed E-state index contributed by atoms with van der Waals surface area (Å²) in [5.74, 6) is -1.27. The van der Waals surface area contributed by atoms with E-state index in [1.807, 2.05) is 0 Å². The standard InChI is InChI=1S/C6H5NO2.C5H11NO2/c8-7(9)6-4-2-1-3-5-6;1-3(4(2)6)5(7)8/h1-5H;3-4H,6H2,1-2H3,(H,7,8). The van der Waals surface area contributed by atoms with Crippen molar-refractivity contribution in [3.63, 3.8) is 0 Å². The fourth-order valence-electron chi connectivity index (χ4n) is 0.775. The number of nitrogens with two attached hydrogens (primary N) is 1. The molecule has 0 amide bonds. The molecule has 17 heavy (non-hydrogen) atoms. The maximum Gasteiger partial charge on any atom is 0.307 e. The maximum absolute atomic E-state index is 10.1. The van der Waals surface area contributed by atoms with Crippen molar-refractivity contribution in [3.8, 4) is 0 Å². The van der Waals surface area contributed by atoms with Crippen molar-refractivity contribution in [1.29, 1.82) is 0 Å². The van der Waals surface area contributed by atoms with E-state index in [-0.39, 0.29) is 11.7 Å². The van der Waals surface area contributed by atoms with Crippen molar-refractivity contribution >= 4 is 11.7 Å². The summed E-state index contributed by atoms with van der Waals surface area (Å²) in [6.07, 6.45) is 0. The van der Waals surface area contributed by atoms with Crippen molar-refractivity contribution in [2.24, 2.45) is 11.7 Å². The Labute approximate surface area is 99.2 Å². The monoisotopic (exact) mass is 240 g/mol. The van der Waals surface area contributed by atoms with Gasteiger partial charge in [0.2, 0.25) is 0 Å². The molecule has 6 heteroatoms. The van der Waals surface area contributed by atoms with Crippen molar-refractivity contribution in [2.45, 2.75) is 19.9 Å². The van der Waals surface area contributed by atoms with Gasteiger partial charge in [0.25, 0.3) is 5.69 Å². The molecule has 2 atom stereocenters. The van der Waals surface area contributed by atoms with Crippen molar-refractivity contribution in [3.05, 3.63) is 40.4 Å². The molecule has 0 spiro atoms. The number of nitro groups is 1. The topological polar surface area (TPSA) is 106 Å². The number of carboxylic acids is 1. The Morgan fingerprint density at radius 2 is 1.82 bits per heavy atom. The largest absolute Gasteiger partial charge is 0.481 e. The molecule has 0 saturated heterocycles. The summed E-state index contributed by atoms with van der Waals surface area (Å²) in [6, 6.07) is 7.68. The summed E-state index contributed by atoms with van der Waals surface area (Å²) in [4.78, 5) is 19.7. The summed E-state index contributed by atoms with van der Waals surface area (Å²) < 4.78 is 0. The molecule has 1 rings (SSSR count). The van der Waals surface area contributed by atoms with Crippen LogP contribution in [0, 0.1) is 16.0 Å². The highest BCUT2D eigenvalue weighted by atomic mass is 16.6. The Hall–Kier alpha value is -1.95. The highest BCUT2D eigenvalue weighted by Gasteiger charge is 2.14. The van der Waals surface area contributed by atoms with Gasteiger partial charge >= 0.3 is 5.97 Å². The van der Waals surface area contributed by atoms with Crippen LogP contribution in [-0.4, -0.2) is 22.0 Å². The predicted molar refractivity (Wildman–Crippen MR) is 63.5 cm³/mol. The van der Waals surface area contributed by atoms with Crippen molar-refractivity contribution in [1.82, 2.24) is 0 Å². The maximum atomic E-state index is 10.1. The summed E-state index contributed by atoms with van der Waals surface area (Å²) in [5.41, 5.74) is 5.39. The van der Waals surface area contributed by atoms with E-state index in [4.69, 9.17) is 10.8 Å². The Morgan fingerprint density at radius 1 is 1.35 bits per heavy atom. The smallest absolute Gasteiger partial charge is 0.307 e. The highest BCUT2D eigenvalue weighted by Crippen LogP contribution is 2.06. The van der Waals surface area contributed by atoms with Crippen LogP contribution in [0.1, 0.15) is 13.8 Å². The Bertz CT molecular complexity index is 365. The van der Waals surface area contributed by atoms with E-state index in [0.29, 0.717) is 0 Å². The van der Waals surface area contributed by atoms with Crippen LogP contribution < -0.4 is 5.73 Å². The molecule has 0 radical (unpaired) electrons. The van der Waals surface area contributed by atoms with E-state index < -0.39 is 16.8 Å². The summed E-state index contributed by atoms with van der Waals surface area (Å²) in [6.45, 7) is 3.27. The van der Waals surface area contributed by atoms with Crippen LogP contribution in [0.25, 0.3) is 0 Å². The minimum atomic E-state index is -0.833. The summed E-state index contributed by atoms with van der Waals surface area (Å²) in [7, 11) is 0. The molecule has 0 bridgehead atoms. The molecule has 0 aliphatic rings. The van der Waals surface area contributed by atoms with E-state index >= 15 is 0 Å². The normalized spacial score (nSPS) is 12.9. The predicted octanol–water partition coefficient (Wildman–Crippen LogP) is 1.65. The Kier molecular flexibility index (Phi) is 6.50. The first-order valence-electron chi connectivity index (χ1n) is 5.04. The molecule has 1 aromatic rings. The van der Waals surface area contributed by atoms with Gasteiger partial charge in [-0.3, -0.25) is 14.9 Å². The number of carboxylic acid groups (broad SMARTS) is 1. The molecule has 0 aliphatic carbocycles. The zero-order valence-electron chi connectivity index (χ0n) is 9.74. The van der Waals surface area contributed by atoms with Gasteiger partial charge < -0.3 is 10.8 Å². The lowest BCUT2D eigenvalue weighted by Crippen LogP contribution is -2.30. The van der Waals surface area contributed by atoms with E-state index in [1.54, 1.807) is 32.0 Å². The molecule has 0 fully saturated rings. The number of hydrogen-bond acceptors (Lipinski definition) is 4. The van der Waals surface area contributed by atoms with Crippen LogP contribution in [0.5, 0.6) is 0 Å². The molecular weight excluding hydrogens is 224 g/mol. The number of aliphatic carboxylic acids is 1. The number of nitrogens with zero attached hydrogens (tertiary/aromatic N) is 1. The van der Waals surface area contributed by atoms with Gasteiger partial charge in [-0.15, -0.1) is 0 Å². The van der Waals surface area contributed by atoms with Crippen LogP contribution >= 0.6 is 0 Å². The van der Waals surface area contributed by atoms with Gasteiger partial charge in [-0.25, -0.2) is 0 Å². The van der Waals surface area contributed by atoms with Gasteiger partial charge in [-0.1, -0.05) is 25.1 Å². The van der Waals surface area contributed by atoms with Gasteiger partial charge in [0.15, 0.2) is 0 Å². The summed E-state index contributed by atoms with van der Waals surface area (Å²) >= 11 is 0. The van der Waals surface area contributed by atoms with E-state index in [1.165, 1.54) is 12.1 Å². The van der Waals surface area contributed by atoms with Gasteiger partial charge in [0.05, 0.1) is 10.8 Å². The molecule has 2 unspecified atom stereocenters. The van der Waals surface area contributed by atoms with E-state index in [0.717, 1.165) is 0 Å². The van der Waals surface area contributed by atoms with Crippen LogP contribution in [0.15, 0.2) is 30.3 Å². The van der Waals surface area contributed by atoms with Crippen LogP contribution in [0.4, 0.5) is 5.69 Å². The minimum absolute atomic E-state index is 0.137. The SMILES string of the molecule is CC(N)C(C)C(=O)O.O=[N+]([O-])c1ccccc1. The van der Waals surface area contributed by atoms with E-state index in [9.17, 15) is 14.9 Å². The third-order valence-electron chi connectivity index (χ3n) is 2.15. The number of para-hydroxylation sites is 1. The number of non-ortho nitro benzene ring substituents is 1. The zero-order valence-corrected chi connectivity index (χ0v) is 9.74. The molecular formula is C11H16N2O4. The first-order valence-corrected chi connectivity index (χ1v) is 5.04. The first-order chi connectivity index (χ1) is 7.86. The fraction of sp³-hybridized carbons (Fsp3) is 0.364. The molecule has 0 aliphatic heterocycles. The number of benzene rings is 1. The fourth-order valence-corrected chi connectivity index (χ4v) is 0.775. The van der Waals surface area contributed by atoms with Gasteiger partial charge in [0.1, 0.15) is 0 Å². The third kappa shape index (κ3) is 6.26. The van der Waals surface area contributed by atoms with Gasteiger partial charge in [-0.05, 0) is 6.92 Å². The lowest BCUT2D eigenvalue weighted by atomic mass is 10.1. The molecule has 0 heterocycles. The van der Waals surface area contributed by atoms with Crippen molar-refractivity contribution < 1.29 is 14.8 Å². The van der Waals surface area contributed by atoms with Crippen molar-refractivity contribution in [2.75, 3.05) is 0 Å². The van der Waals surface area contributed by atoms with Crippen LogP contribution in [0.3, 0.4) is 0 Å². The second kappa shape index (κ2) is 7.34. The minimum Gasteiger partial charge on any atom is -0.481 e. The molecule has 6 nitrogen and oxygen atoms in total. The Morgan fingerprint density at radius 3 is 2.00 bits per heavy atom. The lowest BCUT2D eigenvalue weighted by Gasteiger charge is -2.07. The molecule has 3 N–H and O–H groups in total. The zero-order chi connectivity index (χ0) is 13.4. The second-order valence-corrected chi connectivity index (χ2v) is 3.58. The second-order valence-electron chi connectivity index (χ2n) is 3.58.